The number of alkyl halides is 3. The first-order valence-corrected chi connectivity index (χ1v) is 9.61. The highest BCUT2D eigenvalue weighted by molar-refractivity contribution is 7.09. The van der Waals surface area contributed by atoms with Crippen LogP contribution in [-0.2, 0) is 11.0 Å². The Kier molecular flexibility index (Phi) is 4.53. The van der Waals surface area contributed by atoms with Crippen molar-refractivity contribution in [1.82, 2.24) is 15.0 Å². The standard InChI is InChI=1S/C17H18F3N5OS/c1-10-12(26)9-25(10)14-8-13(22-16(23-14)17(18,19)20)24-5-2-11(3-6-24)15-21-4-7-27-15/h4,7-8,10-11H,2-3,5-6,9H2,1H3. The summed E-state index contributed by atoms with van der Waals surface area (Å²) in [6.07, 6.45) is -1.24. The molecule has 27 heavy (non-hydrogen) atoms. The number of Topliss-reactive ketones (excluding diaryl/α,β-unsaturated/α-hetero) is 1. The molecule has 1 atom stereocenters. The lowest BCUT2D eigenvalue weighted by Crippen LogP contribution is -2.56. The van der Waals surface area contributed by atoms with E-state index < -0.39 is 18.0 Å². The maximum Gasteiger partial charge on any atom is 0.451 e. The molecule has 4 rings (SSSR count). The monoisotopic (exact) mass is 397 g/mol. The predicted octanol–water partition coefficient (Wildman–Crippen LogP) is 3.11. The number of nitrogens with zero attached hydrogens (tertiary/aromatic N) is 5. The van der Waals surface area contributed by atoms with Gasteiger partial charge >= 0.3 is 6.18 Å². The van der Waals surface area contributed by atoms with E-state index in [2.05, 4.69) is 15.0 Å². The summed E-state index contributed by atoms with van der Waals surface area (Å²) in [6, 6.07) is 1.10. The molecule has 0 aromatic carbocycles. The van der Waals surface area contributed by atoms with E-state index in [1.54, 1.807) is 35.4 Å². The van der Waals surface area contributed by atoms with Crippen LogP contribution >= 0.6 is 11.3 Å². The molecule has 6 nitrogen and oxygen atoms in total. The van der Waals surface area contributed by atoms with Crippen LogP contribution in [0.25, 0.3) is 0 Å². The zero-order valence-corrected chi connectivity index (χ0v) is 15.4. The fraction of sp³-hybridized carbons (Fsp3) is 0.529. The average molecular weight is 397 g/mol. The van der Waals surface area contributed by atoms with Gasteiger partial charge in [-0.15, -0.1) is 11.3 Å². The summed E-state index contributed by atoms with van der Waals surface area (Å²) < 4.78 is 39.9. The lowest BCUT2D eigenvalue weighted by atomic mass is 9.97. The summed E-state index contributed by atoms with van der Waals surface area (Å²) in [5.74, 6) is -0.424. The van der Waals surface area contributed by atoms with E-state index >= 15 is 0 Å². The molecule has 0 bridgehead atoms. The van der Waals surface area contributed by atoms with Gasteiger partial charge in [0.05, 0.1) is 17.6 Å². The van der Waals surface area contributed by atoms with Crippen molar-refractivity contribution in [2.24, 2.45) is 0 Å². The SMILES string of the molecule is CC1C(=O)CN1c1cc(N2CCC(c3nccs3)CC2)nc(C(F)(F)F)n1. The molecule has 2 aromatic heterocycles. The van der Waals surface area contributed by atoms with Gasteiger partial charge in [-0.3, -0.25) is 4.79 Å². The Morgan fingerprint density at radius 3 is 2.44 bits per heavy atom. The van der Waals surface area contributed by atoms with Crippen molar-refractivity contribution in [3.05, 3.63) is 28.5 Å². The molecule has 1 unspecified atom stereocenters. The second-order valence-electron chi connectivity index (χ2n) is 6.81. The van der Waals surface area contributed by atoms with Gasteiger partial charge in [-0.1, -0.05) is 0 Å². The van der Waals surface area contributed by atoms with E-state index in [1.807, 2.05) is 10.3 Å². The molecule has 0 aliphatic carbocycles. The lowest BCUT2D eigenvalue weighted by molar-refractivity contribution is -0.144. The fourth-order valence-corrected chi connectivity index (χ4v) is 4.24. The van der Waals surface area contributed by atoms with Gasteiger partial charge in [0, 0.05) is 36.7 Å². The molecule has 2 aliphatic rings. The summed E-state index contributed by atoms with van der Waals surface area (Å²) in [6.45, 7) is 2.96. The smallest absolute Gasteiger partial charge is 0.356 e. The molecule has 144 valence electrons. The zero-order chi connectivity index (χ0) is 19.2. The Hall–Kier alpha value is -2.23. The molecule has 0 N–H and O–H groups in total. The summed E-state index contributed by atoms with van der Waals surface area (Å²) in [5.41, 5.74) is 0. The van der Waals surface area contributed by atoms with Gasteiger partial charge < -0.3 is 9.80 Å². The van der Waals surface area contributed by atoms with Crippen LogP contribution in [0.15, 0.2) is 17.6 Å². The molecule has 0 saturated carbocycles. The molecule has 10 heteroatoms. The normalized spacial score (nSPS) is 21.5. The Bertz CT molecular complexity index is 834. The second kappa shape index (κ2) is 6.74. The van der Waals surface area contributed by atoms with Crippen LogP contribution in [0, 0.1) is 0 Å². The molecule has 0 radical (unpaired) electrons. The van der Waals surface area contributed by atoms with Crippen LogP contribution in [-0.4, -0.2) is 46.4 Å². The zero-order valence-electron chi connectivity index (χ0n) is 14.6. The highest BCUT2D eigenvalue weighted by Gasteiger charge is 2.39. The van der Waals surface area contributed by atoms with Gasteiger partial charge in [0.25, 0.3) is 0 Å². The maximum absolute atomic E-state index is 13.3. The van der Waals surface area contributed by atoms with Crippen molar-refractivity contribution in [3.63, 3.8) is 0 Å². The third-order valence-electron chi connectivity index (χ3n) is 5.13. The molecular formula is C17H18F3N5OS. The quantitative estimate of drug-likeness (QED) is 0.793. The van der Waals surface area contributed by atoms with Crippen LogP contribution in [0.3, 0.4) is 0 Å². The number of anilines is 2. The Labute approximate surface area is 158 Å². The van der Waals surface area contributed by atoms with Gasteiger partial charge in [-0.05, 0) is 19.8 Å². The molecule has 0 amide bonds. The van der Waals surface area contributed by atoms with Gasteiger partial charge in [0.1, 0.15) is 11.6 Å². The van der Waals surface area contributed by atoms with E-state index in [9.17, 15) is 18.0 Å². The number of piperidine rings is 1. The van der Waals surface area contributed by atoms with E-state index in [0.717, 1.165) is 17.8 Å². The largest absolute Gasteiger partial charge is 0.451 e. The number of carbonyl (C=O) groups is 1. The van der Waals surface area contributed by atoms with Crippen molar-refractivity contribution in [3.8, 4) is 0 Å². The fourth-order valence-electron chi connectivity index (χ4n) is 3.43. The number of thiazole rings is 1. The van der Waals surface area contributed by atoms with Crippen LogP contribution < -0.4 is 9.80 Å². The van der Waals surface area contributed by atoms with E-state index in [1.165, 1.54) is 0 Å². The maximum atomic E-state index is 13.3. The first kappa shape index (κ1) is 18.1. The number of rotatable bonds is 3. The first-order chi connectivity index (χ1) is 12.8. The summed E-state index contributed by atoms with van der Waals surface area (Å²) in [4.78, 5) is 26.7. The molecule has 2 fully saturated rings. The number of hydrogen-bond acceptors (Lipinski definition) is 7. The van der Waals surface area contributed by atoms with Crippen LogP contribution in [0.2, 0.25) is 0 Å². The second-order valence-corrected chi connectivity index (χ2v) is 7.73. The minimum absolute atomic E-state index is 0.00650. The van der Waals surface area contributed by atoms with Gasteiger partial charge in [0.15, 0.2) is 5.78 Å². The summed E-state index contributed by atoms with van der Waals surface area (Å²) in [7, 11) is 0. The predicted molar refractivity (Wildman–Crippen MR) is 95.2 cm³/mol. The van der Waals surface area contributed by atoms with Crippen molar-refractivity contribution in [2.45, 2.75) is 37.9 Å². The highest BCUT2D eigenvalue weighted by atomic mass is 32.1. The minimum atomic E-state index is -4.64. The van der Waals surface area contributed by atoms with E-state index in [0.29, 0.717) is 19.0 Å². The molecule has 2 saturated heterocycles. The summed E-state index contributed by atoms with van der Waals surface area (Å²) >= 11 is 1.61. The number of hydrogen-bond donors (Lipinski definition) is 0. The van der Waals surface area contributed by atoms with Gasteiger partial charge in [-0.25, -0.2) is 15.0 Å². The van der Waals surface area contributed by atoms with Crippen molar-refractivity contribution in [2.75, 3.05) is 29.4 Å². The van der Waals surface area contributed by atoms with E-state index in [4.69, 9.17) is 0 Å². The van der Waals surface area contributed by atoms with Crippen molar-refractivity contribution >= 4 is 28.8 Å². The molecular weight excluding hydrogens is 379 g/mol. The Morgan fingerprint density at radius 1 is 1.19 bits per heavy atom. The minimum Gasteiger partial charge on any atom is -0.356 e. The van der Waals surface area contributed by atoms with Gasteiger partial charge in [-0.2, -0.15) is 13.2 Å². The Morgan fingerprint density at radius 2 is 1.89 bits per heavy atom. The summed E-state index contributed by atoms with van der Waals surface area (Å²) in [5, 5.41) is 3.01. The highest BCUT2D eigenvalue weighted by Crippen LogP contribution is 2.35. The van der Waals surface area contributed by atoms with Crippen molar-refractivity contribution in [1.29, 1.82) is 0 Å². The molecule has 2 aromatic rings. The van der Waals surface area contributed by atoms with Gasteiger partial charge in [0.2, 0.25) is 5.82 Å². The number of carbonyl (C=O) groups excluding carboxylic acids is 1. The topological polar surface area (TPSA) is 62.2 Å². The average Bonchev–Trinajstić information content (AvgIpc) is 3.19. The third-order valence-corrected chi connectivity index (χ3v) is 6.06. The number of aromatic nitrogens is 3. The van der Waals surface area contributed by atoms with Crippen molar-refractivity contribution < 1.29 is 18.0 Å². The first-order valence-electron chi connectivity index (χ1n) is 8.73. The molecule has 0 spiro atoms. The number of halogens is 3. The van der Waals surface area contributed by atoms with Crippen LogP contribution in [0.5, 0.6) is 0 Å². The Balaban J connectivity index is 1.57. The van der Waals surface area contributed by atoms with Crippen LogP contribution in [0.4, 0.5) is 24.8 Å². The molecule has 2 aliphatic heterocycles. The number of ketones is 1. The lowest BCUT2D eigenvalue weighted by Gasteiger charge is -2.39. The third kappa shape index (κ3) is 3.50. The molecule has 4 heterocycles. The van der Waals surface area contributed by atoms with E-state index in [-0.39, 0.29) is 24.0 Å². The van der Waals surface area contributed by atoms with Crippen LogP contribution in [0.1, 0.15) is 36.5 Å².